The summed E-state index contributed by atoms with van der Waals surface area (Å²) in [5.74, 6) is -0.154. The molecule has 5 nitrogen and oxygen atoms in total. The highest BCUT2D eigenvalue weighted by atomic mass is 32.1. The second-order valence-electron chi connectivity index (χ2n) is 2.95. The third-order valence-corrected chi connectivity index (χ3v) is 2.76. The molecule has 0 saturated carbocycles. The summed E-state index contributed by atoms with van der Waals surface area (Å²) < 4.78 is 0. The number of nitrogens with one attached hydrogen (secondary N) is 2. The van der Waals surface area contributed by atoms with Crippen LogP contribution in [0, 0.1) is 0 Å². The number of hydrogen-bond donors (Lipinski definition) is 2. The third-order valence-electron chi connectivity index (χ3n) is 1.82. The molecule has 2 N–H and O–H groups in total. The molecule has 1 unspecified atom stereocenters. The first-order chi connectivity index (χ1) is 6.67. The predicted octanol–water partition coefficient (Wildman–Crippen LogP) is 1.11. The van der Waals surface area contributed by atoms with Gasteiger partial charge in [0, 0.05) is 13.1 Å². The number of carbonyl (C=O) groups is 1. The van der Waals surface area contributed by atoms with E-state index in [0.717, 1.165) is 6.42 Å². The van der Waals surface area contributed by atoms with E-state index in [1.165, 1.54) is 11.3 Å². The highest BCUT2D eigenvalue weighted by Crippen LogP contribution is 2.13. The maximum atomic E-state index is 11.5. The van der Waals surface area contributed by atoms with Gasteiger partial charge in [-0.15, -0.1) is 10.2 Å². The van der Waals surface area contributed by atoms with Crippen molar-refractivity contribution in [2.75, 3.05) is 12.4 Å². The molecule has 1 atom stereocenters. The Morgan fingerprint density at radius 2 is 2.29 bits per heavy atom. The van der Waals surface area contributed by atoms with Crippen molar-refractivity contribution < 1.29 is 4.79 Å². The Labute approximate surface area is 86.9 Å². The van der Waals surface area contributed by atoms with Crippen molar-refractivity contribution in [2.45, 2.75) is 26.3 Å². The summed E-state index contributed by atoms with van der Waals surface area (Å²) >= 11 is 1.25. The van der Waals surface area contributed by atoms with Crippen molar-refractivity contribution in [3.8, 4) is 0 Å². The normalized spacial score (nSPS) is 12.2. The number of hydrogen-bond acceptors (Lipinski definition) is 5. The van der Waals surface area contributed by atoms with Crippen LogP contribution in [0.15, 0.2) is 0 Å². The standard InChI is InChI=1S/C8H14N4OS/c1-4-5(2)10-6(13)7-11-12-8(9-3)14-7/h5H,4H2,1-3H3,(H,9,12)(H,10,13). The van der Waals surface area contributed by atoms with Gasteiger partial charge < -0.3 is 10.6 Å². The van der Waals surface area contributed by atoms with Crippen molar-refractivity contribution in [3.63, 3.8) is 0 Å². The minimum atomic E-state index is -0.154. The summed E-state index contributed by atoms with van der Waals surface area (Å²) in [6.45, 7) is 3.97. The van der Waals surface area contributed by atoms with Crippen LogP contribution in [0.3, 0.4) is 0 Å². The monoisotopic (exact) mass is 214 g/mol. The first-order valence-corrected chi connectivity index (χ1v) is 5.31. The van der Waals surface area contributed by atoms with Crippen molar-refractivity contribution in [1.82, 2.24) is 15.5 Å². The van der Waals surface area contributed by atoms with Crippen LogP contribution in [0.25, 0.3) is 0 Å². The van der Waals surface area contributed by atoms with Gasteiger partial charge in [-0.25, -0.2) is 0 Å². The molecule has 0 radical (unpaired) electrons. The molecule has 0 fully saturated rings. The van der Waals surface area contributed by atoms with Crippen molar-refractivity contribution in [1.29, 1.82) is 0 Å². The van der Waals surface area contributed by atoms with Gasteiger partial charge in [0.1, 0.15) is 0 Å². The molecule has 78 valence electrons. The Bertz CT molecular complexity index is 312. The SMILES string of the molecule is CCC(C)NC(=O)c1nnc(NC)s1. The molecule has 0 saturated heterocycles. The van der Waals surface area contributed by atoms with E-state index >= 15 is 0 Å². The Balaban J connectivity index is 2.60. The smallest absolute Gasteiger partial charge is 0.282 e. The molecule has 0 spiro atoms. The zero-order valence-electron chi connectivity index (χ0n) is 8.50. The molecule has 14 heavy (non-hydrogen) atoms. The average Bonchev–Trinajstić information content (AvgIpc) is 2.65. The summed E-state index contributed by atoms with van der Waals surface area (Å²) in [7, 11) is 1.75. The van der Waals surface area contributed by atoms with Gasteiger partial charge in [-0.05, 0) is 13.3 Å². The van der Waals surface area contributed by atoms with Crippen LogP contribution in [0.5, 0.6) is 0 Å². The zero-order valence-corrected chi connectivity index (χ0v) is 9.31. The van der Waals surface area contributed by atoms with E-state index in [1.807, 2.05) is 13.8 Å². The van der Waals surface area contributed by atoms with Gasteiger partial charge in [-0.3, -0.25) is 4.79 Å². The van der Waals surface area contributed by atoms with Gasteiger partial charge in [0.25, 0.3) is 5.91 Å². The lowest BCUT2D eigenvalue weighted by molar-refractivity contribution is 0.0938. The maximum absolute atomic E-state index is 11.5. The summed E-state index contributed by atoms with van der Waals surface area (Å²) in [5, 5.41) is 14.3. The molecular weight excluding hydrogens is 200 g/mol. The van der Waals surface area contributed by atoms with Crippen LogP contribution in [0.4, 0.5) is 5.13 Å². The van der Waals surface area contributed by atoms with E-state index in [0.29, 0.717) is 10.1 Å². The molecule has 0 aliphatic rings. The molecular formula is C8H14N4OS. The number of anilines is 1. The lowest BCUT2D eigenvalue weighted by Crippen LogP contribution is -2.31. The van der Waals surface area contributed by atoms with Gasteiger partial charge in [-0.1, -0.05) is 18.3 Å². The molecule has 1 aromatic rings. The van der Waals surface area contributed by atoms with Gasteiger partial charge >= 0.3 is 0 Å². The van der Waals surface area contributed by atoms with E-state index in [-0.39, 0.29) is 11.9 Å². The van der Waals surface area contributed by atoms with E-state index in [2.05, 4.69) is 20.8 Å². The van der Waals surface area contributed by atoms with Gasteiger partial charge in [-0.2, -0.15) is 0 Å². The molecule has 0 bridgehead atoms. The number of carbonyl (C=O) groups excluding carboxylic acids is 1. The fraction of sp³-hybridized carbons (Fsp3) is 0.625. The second kappa shape index (κ2) is 4.90. The molecule has 1 heterocycles. The number of rotatable bonds is 4. The lowest BCUT2D eigenvalue weighted by atomic mass is 10.2. The van der Waals surface area contributed by atoms with Crippen LogP contribution in [-0.4, -0.2) is 29.2 Å². The Hall–Kier alpha value is -1.17. The van der Waals surface area contributed by atoms with Crippen LogP contribution in [0.1, 0.15) is 30.1 Å². The van der Waals surface area contributed by atoms with Crippen LogP contribution in [-0.2, 0) is 0 Å². The number of aromatic nitrogens is 2. The molecule has 0 aromatic carbocycles. The summed E-state index contributed by atoms with van der Waals surface area (Å²) in [5.41, 5.74) is 0. The largest absolute Gasteiger partial charge is 0.363 e. The first-order valence-electron chi connectivity index (χ1n) is 4.49. The molecule has 0 aliphatic heterocycles. The summed E-state index contributed by atoms with van der Waals surface area (Å²) in [4.78, 5) is 11.5. The van der Waals surface area contributed by atoms with Gasteiger partial charge in [0.15, 0.2) is 0 Å². The Kier molecular flexibility index (Phi) is 3.82. The highest BCUT2D eigenvalue weighted by molar-refractivity contribution is 7.17. The summed E-state index contributed by atoms with van der Waals surface area (Å²) in [6, 6.07) is 0.171. The number of nitrogens with zero attached hydrogens (tertiary/aromatic N) is 2. The summed E-state index contributed by atoms with van der Waals surface area (Å²) in [6.07, 6.45) is 0.906. The Morgan fingerprint density at radius 3 is 2.79 bits per heavy atom. The fourth-order valence-electron chi connectivity index (χ4n) is 0.804. The molecule has 0 aliphatic carbocycles. The van der Waals surface area contributed by atoms with Crippen molar-refractivity contribution in [2.24, 2.45) is 0 Å². The van der Waals surface area contributed by atoms with Crippen LogP contribution >= 0.6 is 11.3 Å². The van der Waals surface area contributed by atoms with E-state index in [9.17, 15) is 4.79 Å². The molecule has 1 rings (SSSR count). The van der Waals surface area contributed by atoms with Crippen LogP contribution in [0.2, 0.25) is 0 Å². The fourth-order valence-corrected chi connectivity index (χ4v) is 1.40. The van der Waals surface area contributed by atoms with Gasteiger partial charge in [0.05, 0.1) is 0 Å². The zero-order chi connectivity index (χ0) is 10.6. The predicted molar refractivity (Wildman–Crippen MR) is 56.7 cm³/mol. The van der Waals surface area contributed by atoms with Crippen molar-refractivity contribution in [3.05, 3.63) is 5.01 Å². The average molecular weight is 214 g/mol. The topological polar surface area (TPSA) is 66.9 Å². The van der Waals surface area contributed by atoms with E-state index in [1.54, 1.807) is 7.05 Å². The van der Waals surface area contributed by atoms with Gasteiger partial charge in [0.2, 0.25) is 10.1 Å². The van der Waals surface area contributed by atoms with E-state index < -0.39 is 0 Å². The minimum Gasteiger partial charge on any atom is -0.363 e. The minimum absolute atomic E-state index is 0.154. The van der Waals surface area contributed by atoms with Crippen molar-refractivity contribution >= 4 is 22.4 Å². The Morgan fingerprint density at radius 1 is 1.57 bits per heavy atom. The molecule has 6 heteroatoms. The van der Waals surface area contributed by atoms with Crippen LogP contribution < -0.4 is 10.6 Å². The second-order valence-corrected chi connectivity index (χ2v) is 3.92. The van der Waals surface area contributed by atoms with E-state index in [4.69, 9.17) is 0 Å². The maximum Gasteiger partial charge on any atom is 0.282 e. The lowest BCUT2D eigenvalue weighted by Gasteiger charge is -2.08. The number of amides is 1. The molecule has 1 amide bonds. The third kappa shape index (κ3) is 2.66. The highest BCUT2D eigenvalue weighted by Gasteiger charge is 2.13. The molecule has 1 aromatic heterocycles. The quantitative estimate of drug-likeness (QED) is 0.788. The first kappa shape index (κ1) is 10.9.